The molecule has 2 aliphatic heterocycles. The SMILES string of the molecule is CC1NC(=O)[C@H](NC(=O)c2nc3ccccc3cc2O)[C@@H](C)OC(=O)C2(CC2C)N(C)C(=O)C2C(S(C)=O)SCC(C(=O)N(C)C3(CC3C)C(=O)O[C@H](C)[C@@H](NC(=O)c3nc4ccccc4cc3O)C(=O)NC(C)C(=O)N2C)N(C)C1=O. The fourth-order valence-corrected chi connectivity index (χ4v) is 13.7. The van der Waals surface area contributed by atoms with Crippen LogP contribution in [-0.4, -0.2) is 208 Å². The Morgan fingerprint density at radius 3 is 1.43 bits per heavy atom. The Morgan fingerprint density at radius 1 is 0.634 bits per heavy atom. The molecule has 25 nitrogen and oxygen atoms in total. The standard InChI is InChI=1S/C55H66N10O15S2/c1-25-22-54(25)52(76)79-29(5)39(61-46(71)41-37(67)21-32-17-13-15-19-34(32)59-41)44(69)57-28(4)48(73)63(8)42-50(75)65(10)55(23-26(55)2)53(77)80-30(6)38(60-45(70)40-36(66)20-31-16-12-14-18-33(31)58-40)43(68)56-27(3)47(72)62(7)35(49(74)64(54)9)24-81-51(42)82(11)78/h12-21,25-30,35,38-39,42,51,66-67H,22-24H2,1-11H3,(H,56,68)(H,57,69)(H,60,70)(H,61,71)/t25?,26?,27?,28?,29-,30-,35?,38-,39-,42?,51?,54?,55?,82?/m1/s1. The van der Waals surface area contributed by atoms with E-state index in [0.29, 0.717) is 21.8 Å². The van der Waals surface area contributed by atoms with Crippen LogP contribution in [-0.2, 0) is 58.6 Å². The minimum absolute atomic E-state index is 0.0131. The normalized spacial score (nSPS) is 31.3. The van der Waals surface area contributed by atoms with Gasteiger partial charge in [-0.2, -0.15) is 0 Å². The summed E-state index contributed by atoms with van der Waals surface area (Å²) in [6, 6.07) is 5.69. The molecule has 14 atom stereocenters. The van der Waals surface area contributed by atoms with E-state index in [2.05, 4.69) is 31.2 Å². The summed E-state index contributed by atoms with van der Waals surface area (Å²) in [6.45, 7) is 8.42. The van der Waals surface area contributed by atoms with Gasteiger partial charge in [0.15, 0.2) is 11.4 Å². The largest absolute Gasteiger partial charge is 0.505 e. The number of hydrogen-bond acceptors (Lipinski definition) is 18. The topological polar surface area (TPSA) is 334 Å². The van der Waals surface area contributed by atoms with Crippen molar-refractivity contribution in [2.45, 2.75) is 119 Å². The van der Waals surface area contributed by atoms with Crippen molar-refractivity contribution in [3.8, 4) is 11.5 Å². The van der Waals surface area contributed by atoms with E-state index in [1.165, 1.54) is 74.3 Å². The molecule has 6 N–H and O–H groups in total. The number of aromatic hydroxyl groups is 2. The number of para-hydroxylation sites is 2. The van der Waals surface area contributed by atoms with Gasteiger partial charge in [0, 0.05) is 61.8 Å². The molecule has 2 aromatic heterocycles. The summed E-state index contributed by atoms with van der Waals surface area (Å²) in [6.07, 6.45) is -1.90. The van der Waals surface area contributed by atoms with Gasteiger partial charge in [-0.3, -0.25) is 42.6 Å². The molecule has 2 saturated heterocycles. The molecule has 82 heavy (non-hydrogen) atoms. The smallest absolute Gasteiger partial charge is 0.332 e. The number of pyridine rings is 2. The molecular weight excluding hydrogens is 1100 g/mol. The lowest BCUT2D eigenvalue weighted by Gasteiger charge is -2.39. The maximum absolute atomic E-state index is 15.5. The van der Waals surface area contributed by atoms with Crippen LogP contribution < -0.4 is 21.3 Å². The van der Waals surface area contributed by atoms with Crippen molar-refractivity contribution >= 4 is 104 Å². The highest BCUT2D eigenvalue weighted by Crippen LogP contribution is 2.51. The highest BCUT2D eigenvalue weighted by Gasteiger charge is 2.66. The monoisotopic (exact) mass is 1170 g/mol. The van der Waals surface area contributed by atoms with Gasteiger partial charge in [0.2, 0.25) is 35.4 Å². The second-order valence-electron chi connectivity index (χ2n) is 21.6. The Kier molecular flexibility index (Phi) is 17.0. The number of thioether (sulfide) groups is 1. The molecule has 2 aromatic carbocycles. The van der Waals surface area contributed by atoms with Gasteiger partial charge in [-0.15, -0.1) is 11.8 Å². The van der Waals surface area contributed by atoms with Crippen LogP contribution in [0.15, 0.2) is 60.7 Å². The highest BCUT2D eigenvalue weighted by molar-refractivity contribution is 8.11. The number of carbonyl (C=O) groups is 10. The van der Waals surface area contributed by atoms with Crippen LogP contribution in [0.3, 0.4) is 0 Å². The number of cyclic esters (lactones) is 2. The van der Waals surface area contributed by atoms with Crippen molar-refractivity contribution in [2.75, 3.05) is 40.2 Å². The zero-order valence-corrected chi connectivity index (χ0v) is 48.6. The Labute approximate surface area is 478 Å². The minimum atomic E-state index is -2.11. The zero-order chi connectivity index (χ0) is 60.2. The number of hydrogen-bond donors (Lipinski definition) is 6. The van der Waals surface area contributed by atoms with Crippen molar-refractivity contribution in [1.82, 2.24) is 50.8 Å². The molecule has 27 heteroatoms. The maximum Gasteiger partial charge on any atom is 0.332 e. The Bertz CT molecular complexity index is 3350. The quantitative estimate of drug-likeness (QED) is 0.149. The van der Waals surface area contributed by atoms with E-state index < -0.39 is 175 Å². The van der Waals surface area contributed by atoms with Gasteiger partial charge in [-0.1, -0.05) is 50.2 Å². The second kappa shape index (κ2) is 23.1. The van der Waals surface area contributed by atoms with E-state index in [1.807, 2.05) is 0 Å². The molecule has 2 spiro atoms. The molecule has 2 saturated carbocycles. The fraction of sp³-hybridized carbons (Fsp3) is 0.491. The lowest BCUT2D eigenvalue weighted by Crippen LogP contribution is -2.62. The Morgan fingerprint density at radius 2 is 1.02 bits per heavy atom. The molecule has 2 bridgehead atoms. The number of ether oxygens (including phenoxy) is 2. The molecule has 4 aliphatic rings. The second-order valence-corrected chi connectivity index (χ2v) is 24.6. The van der Waals surface area contributed by atoms with E-state index >= 15 is 9.59 Å². The number of benzene rings is 2. The van der Waals surface area contributed by atoms with Crippen LogP contribution in [0.1, 0.15) is 75.4 Å². The summed E-state index contributed by atoms with van der Waals surface area (Å²) >= 11 is 0.773. The lowest BCUT2D eigenvalue weighted by atomic mass is 10.1. The number of likely N-dealkylation sites (N-methyl/N-ethyl adjacent to an activating group) is 4. The first kappa shape index (κ1) is 60.2. The minimum Gasteiger partial charge on any atom is -0.505 e. The van der Waals surface area contributed by atoms with Gasteiger partial charge < -0.3 is 60.6 Å². The summed E-state index contributed by atoms with van der Waals surface area (Å²) in [4.78, 5) is 160. The van der Waals surface area contributed by atoms with E-state index in [9.17, 15) is 52.8 Å². The first-order chi connectivity index (χ1) is 38.6. The van der Waals surface area contributed by atoms with Crippen LogP contribution in [0.5, 0.6) is 11.5 Å². The van der Waals surface area contributed by atoms with Crippen LogP contribution in [0.2, 0.25) is 0 Å². The highest BCUT2D eigenvalue weighted by atomic mass is 32.2. The van der Waals surface area contributed by atoms with Crippen molar-refractivity contribution in [3.63, 3.8) is 0 Å². The van der Waals surface area contributed by atoms with Crippen LogP contribution in [0.4, 0.5) is 0 Å². The zero-order valence-electron chi connectivity index (χ0n) is 46.9. The van der Waals surface area contributed by atoms with Crippen molar-refractivity contribution in [1.29, 1.82) is 0 Å². The number of nitrogens with one attached hydrogen (secondary N) is 4. The predicted octanol–water partition coefficient (Wildman–Crippen LogP) is 0.557. The predicted molar refractivity (Wildman–Crippen MR) is 298 cm³/mol. The molecule has 4 fully saturated rings. The molecule has 2 aliphatic carbocycles. The third-order valence-corrected chi connectivity index (χ3v) is 19.4. The average molecular weight is 1170 g/mol. The summed E-state index contributed by atoms with van der Waals surface area (Å²) in [5.74, 6) is -12.8. The van der Waals surface area contributed by atoms with Crippen LogP contribution in [0.25, 0.3) is 21.8 Å². The number of esters is 2. The molecular formula is C55H66N10O15S2. The molecule has 8 rings (SSSR count). The molecule has 0 radical (unpaired) electrons. The first-order valence-electron chi connectivity index (χ1n) is 26.4. The van der Waals surface area contributed by atoms with Gasteiger partial charge >= 0.3 is 11.9 Å². The summed E-state index contributed by atoms with van der Waals surface area (Å²) in [7, 11) is 2.93. The number of nitrogens with zero attached hydrogens (tertiary/aromatic N) is 6. The first-order valence-corrected chi connectivity index (χ1v) is 29.1. The van der Waals surface area contributed by atoms with Crippen LogP contribution in [0, 0.1) is 11.8 Å². The third kappa shape index (κ3) is 11.1. The van der Waals surface area contributed by atoms with E-state index in [0.717, 1.165) is 31.4 Å². The van der Waals surface area contributed by atoms with Crippen molar-refractivity contribution < 1.29 is 71.8 Å². The maximum atomic E-state index is 15.5. The van der Waals surface area contributed by atoms with Gasteiger partial charge in [-0.25, -0.2) is 19.6 Å². The van der Waals surface area contributed by atoms with Gasteiger partial charge in [-0.05, 0) is 76.6 Å². The molecule has 8 amide bonds. The molecule has 4 aromatic rings. The Hall–Kier alpha value is -7.94. The summed E-state index contributed by atoms with van der Waals surface area (Å²) < 4.78 is 24.8. The van der Waals surface area contributed by atoms with E-state index in [4.69, 9.17) is 9.47 Å². The fourth-order valence-electron chi connectivity index (χ4n) is 10.8. The lowest BCUT2D eigenvalue weighted by molar-refractivity contribution is -0.165. The number of fused-ring (bicyclic) bond motifs is 6. The van der Waals surface area contributed by atoms with Gasteiger partial charge in [0.1, 0.15) is 75.6 Å². The molecule has 438 valence electrons. The molecule has 4 heterocycles. The van der Waals surface area contributed by atoms with Crippen molar-refractivity contribution in [3.05, 3.63) is 72.1 Å². The van der Waals surface area contributed by atoms with Gasteiger partial charge in [0.25, 0.3) is 11.8 Å². The Balaban J connectivity index is 1.22. The van der Waals surface area contributed by atoms with Crippen molar-refractivity contribution in [2.24, 2.45) is 11.8 Å². The van der Waals surface area contributed by atoms with Crippen LogP contribution >= 0.6 is 11.8 Å². The number of aromatic nitrogens is 2. The number of amides is 8. The van der Waals surface area contributed by atoms with E-state index in [-0.39, 0.29) is 12.8 Å². The van der Waals surface area contributed by atoms with E-state index in [1.54, 1.807) is 62.4 Å². The third-order valence-electron chi connectivity index (χ3n) is 16.2. The average Bonchev–Trinajstić information content (AvgIpc) is 2.08. The number of rotatable bonds is 5. The van der Waals surface area contributed by atoms with Gasteiger partial charge in [0.05, 0.1) is 11.0 Å². The molecule has 10 unspecified atom stereocenters. The summed E-state index contributed by atoms with van der Waals surface area (Å²) in [5.41, 5.74) is -3.90. The number of carbonyl (C=O) groups excluding carboxylic acids is 10. The summed E-state index contributed by atoms with van der Waals surface area (Å²) in [5, 5.41) is 33.0.